The second-order valence-corrected chi connectivity index (χ2v) is 7.22. The van der Waals surface area contributed by atoms with Gasteiger partial charge in [0.05, 0.1) is 18.8 Å². The summed E-state index contributed by atoms with van der Waals surface area (Å²) in [5.74, 6) is 1.39. The average molecular weight is 333 g/mol. The predicted molar refractivity (Wildman–Crippen MR) is 89.4 cm³/mol. The SMILES string of the molecule is CC(C)n1cc([C@@H]2CN(Cc3nnnn3C(C)C)C[C@H]2CO)cn1. The van der Waals surface area contributed by atoms with Crippen LogP contribution < -0.4 is 0 Å². The fraction of sp³-hybridized carbons (Fsp3) is 0.750. The molecule has 8 nitrogen and oxygen atoms in total. The van der Waals surface area contributed by atoms with Crippen LogP contribution in [0.3, 0.4) is 0 Å². The van der Waals surface area contributed by atoms with E-state index in [1.165, 1.54) is 5.56 Å². The van der Waals surface area contributed by atoms with Crippen LogP contribution in [0.1, 0.15) is 57.1 Å². The van der Waals surface area contributed by atoms with Crippen LogP contribution in [0.5, 0.6) is 0 Å². The number of tetrazole rings is 1. The summed E-state index contributed by atoms with van der Waals surface area (Å²) in [5.41, 5.74) is 1.20. The molecule has 0 bridgehead atoms. The van der Waals surface area contributed by atoms with Crippen molar-refractivity contribution in [1.82, 2.24) is 34.9 Å². The van der Waals surface area contributed by atoms with Crippen LogP contribution in [0.15, 0.2) is 12.4 Å². The zero-order valence-corrected chi connectivity index (χ0v) is 14.9. The van der Waals surface area contributed by atoms with Gasteiger partial charge in [-0.15, -0.1) is 5.10 Å². The molecule has 132 valence electrons. The molecule has 0 radical (unpaired) electrons. The van der Waals surface area contributed by atoms with E-state index in [-0.39, 0.29) is 18.6 Å². The van der Waals surface area contributed by atoms with Crippen molar-refractivity contribution in [3.63, 3.8) is 0 Å². The van der Waals surface area contributed by atoms with Crippen molar-refractivity contribution in [2.45, 2.75) is 52.2 Å². The van der Waals surface area contributed by atoms with E-state index in [1.54, 1.807) is 0 Å². The minimum Gasteiger partial charge on any atom is -0.396 e. The summed E-state index contributed by atoms with van der Waals surface area (Å²) in [6.07, 6.45) is 4.05. The summed E-state index contributed by atoms with van der Waals surface area (Å²) in [7, 11) is 0. The molecule has 8 heteroatoms. The Hall–Kier alpha value is -1.80. The molecule has 2 aromatic heterocycles. The van der Waals surface area contributed by atoms with Gasteiger partial charge in [-0.3, -0.25) is 9.58 Å². The van der Waals surface area contributed by atoms with Gasteiger partial charge >= 0.3 is 0 Å². The summed E-state index contributed by atoms with van der Waals surface area (Å²) >= 11 is 0. The van der Waals surface area contributed by atoms with Crippen molar-refractivity contribution in [2.75, 3.05) is 19.7 Å². The lowest BCUT2D eigenvalue weighted by atomic mass is 9.92. The number of likely N-dealkylation sites (tertiary alicyclic amines) is 1. The molecule has 0 aliphatic carbocycles. The zero-order chi connectivity index (χ0) is 17.3. The van der Waals surface area contributed by atoms with Crippen molar-refractivity contribution < 1.29 is 5.11 Å². The molecule has 0 spiro atoms. The van der Waals surface area contributed by atoms with E-state index in [9.17, 15) is 5.11 Å². The Labute approximate surface area is 142 Å². The lowest BCUT2D eigenvalue weighted by molar-refractivity contribution is 0.212. The molecule has 1 aliphatic heterocycles. The van der Waals surface area contributed by atoms with E-state index in [0.29, 0.717) is 18.5 Å². The van der Waals surface area contributed by atoms with Crippen LogP contribution in [0, 0.1) is 5.92 Å². The molecule has 1 fully saturated rings. The number of aromatic nitrogens is 6. The molecule has 1 aliphatic rings. The van der Waals surface area contributed by atoms with Gasteiger partial charge < -0.3 is 5.11 Å². The lowest BCUT2D eigenvalue weighted by Gasteiger charge is -2.16. The molecule has 1 N–H and O–H groups in total. The minimum atomic E-state index is 0.184. The Morgan fingerprint density at radius 3 is 2.62 bits per heavy atom. The standard InChI is InChI=1S/C16H27N7O/c1-11(2)22-7-13(5-17-22)15-8-21(6-14(15)10-24)9-16-18-19-20-23(16)12(3)4/h5,7,11-12,14-15,24H,6,8-10H2,1-4H3/t14-,15-/m0/s1. The van der Waals surface area contributed by atoms with Gasteiger partial charge in [0, 0.05) is 43.8 Å². The third-order valence-corrected chi connectivity index (χ3v) is 4.74. The Morgan fingerprint density at radius 2 is 2.00 bits per heavy atom. The molecular weight excluding hydrogens is 306 g/mol. The fourth-order valence-corrected chi connectivity index (χ4v) is 3.40. The quantitative estimate of drug-likeness (QED) is 0.856. The first-order chi connectivity index (χ1) is 11.5. The van der Waals surface area contributed by atoms with Crippen LogP contribution >= 0.6 is 0 Å². The molecule has 0 saturated carbocycles. The van der Waals surface area contributed by atoms with Gasteiger partial charge in [-0.05, 0) is 43.7 Å². The number of aliphatic hydroxyl groups excluding tert-OH is 1. The molecule has 2 aromatic rings. The van der Waals surface area contributed by atoms with Gasteiger partial charge in [-0.25, -0.2) is 4.68 Å². The molecule has 1 saturated heterocycles. The molecule has 24 heavy (non-hydrogen) atoms. The van der Waals surface area contributed by atoms with E-state index in [4.69, 9.17) is 0 Å². The van der Waals surface area contributed by atoms with Gasteiger partial charge in [-0.2, -0.15) is 5.10 Å². The van der Waals surface area contributed by atoms with Gasteiger partial charge in [0.2, 0.25) is 0 Å². The van der Waals surface area contributed by atoms with Gasteiger partial charge in [0.15, 0.2) is 5.82 Å². The lowest BCUT2D eigenvalue weighted by Crippen LogP contribution is -2.24. The van der Waals surface area contributed by atoms with Gasteiger partial charge in [-0.1, -0.05) is 0 Å². The highest BCUT2D eigenvalue weighted by molar-refractivity contribution is 5.16. The predicted octanol–water partition coefficient (Wildman–Crippen LogP) is 1.24. The topological polar surface area (TPSA) is 84.9 Å². The normalized spacial score (nSPS) is 22.1. The molecular formula is C16H27N7O. The molecule has 0 amide bonds. The van der Waals surface area contributed by atoms with Crippen molar-refractivity contribution in [2.24, 2.45) is 5.92 Å². The van der Waals surface area contributed by atoms with E-state index in [1.807, 2.05) is 15.6 Å². The highest BCUT2D eigenvalue weighted by Crippen LogP contribution is 2.33. The Kier molecular flexibility index (Phi) is 4.96. The second-order valence-electron chi connectivity index (χ2n) is 7.22. The van der Waals surface area contributed by atoms with E-state index in [2.05, 4.69) is 59.4 Å². The van der Waals surface area contributed by atoms with E-state index in [0.717, 1.165) is 18.9 Å². The first-order valence-corrected chi connectivity index (χ1v) is 8.63. The third kappa shape index (κ3) is 3.34. The largest absolute Gasteiger partial charge is 0.396 e. The second kappa shape index (κ2) is 6.98. The summed E-state index contributed by atoms with van der Waals surface area (Å²) < 4.78 is 3.84. The molecule has 3 heterocycles. The number of aliphatic hydroxyl groups is 1. The highest BCUT2D eigenvalue weighted by atomic mass is 16.3. The first kappa shape index (κ1) is 17.0. The highest BCUT2D eigenvalue weighted by Gasteiger charge is 2.35. The summed E-state index contributed by atoms with van der Waals surface area (Å²) in [6, 6.07) is 0.589. The van der Waals surface area contributed by atoms with Crippen molar-refractivity contribution in [1.29, 1.82) is 0 Å². The molecule has 0 unspecified atom stereocenters. The summed E-state index contributed by atoms with van der Waals surface area (Å²) in [5, 5.41) is 26.3. The van der Waals surface area contributed by atoms with E-state index >= 15 is 0 Å². The minimum absolute atomic E-state index is 0.184. The van der Waals surface area contributed by atoms with Crippen molar-refractivity contribution in [3.8, 4) is 0 Å². The van der Waals surface area contributed by atoms with Crippen LogP contribution in [-0.2, 0) is 6.54 Å². The summed E-state index contributed by atoms with van der Waals surface area (Å²) in [6.45, 7) is 11.0. The maximum atomic E-state index is 9.80. The zero-order valence-electron chi connectivity index (χ0n) is 14.9. The van der Waals surface area contributed by atoms with E-state index < -0.39 is 0 Å². The monoisotopic (exact) mass is 333 g/mol. The van der Waals surface area contributed by atoms with Gasteiger partial charge in [0.1, 0.15) is 0 Å². The maximum Gasteiger partial charge on any atom is 0.165 e. The number of hydrogen-bond acceptors (Lipinski definition) is 6. The van der Waals surface area contributed by atoms with Crippen LogP contribution in [0.4, 0.5) is 0 Å². The maximum absolute atomic E-state index is 9.80. The van der Waals surface area contributed by atoms with Crippen LogP contribution in [0.25, 0.3) is 0 Å². The van der Waals surface area contributed by atoms with Gasteiger partial charge in [0.25, 0.3) is 0 Å². The van der Waals surface area contributed by atoms with Crippen LogP contribution in [0.2, 0.25) is 0 Å². The Balaban J connectivity index is 1.73. The fourth-order valence-electron chi connectivity index (χ4n) is 3.40. The first-order valence-electron chi connectivity index (χ1n) is 8.63. The van der Waals surface area contributed by atoms with Crippen molar-refractivity contribution >= 4 is 0 Å². The number of hydrogen-bond donors (Lipinski definition) is 1. The van der Waals surface area contributed by atoms with Crippen LogP contribution in [-0.4, -0.2) is 59.7 Å². The number of nitrogens with zero attached hydrogens (tertiary/aromatic N) is 7. The summed E-state index contributed by atoms with van der Waals surface area (Å²) in [4.78, 5) is 2.32. The van der Waals surface area contributed by atoms with Crippen molar-refractivity contribution in [3.05, 3.63) is 23.8 Å². The number of rotatable bonds is 6. The molecule has 3 rings (SSSR count). The molecule has 2 atom stereocenters. The third-order valence-electron chi connectivity index (χ3n) is 4.74. The average Bonchev–Trinajstić information content (AvgIpc) is 3.25. The smallest absolute Gasteiger partial charge is 0.165 e. The molecule has 0 aromatic carbocycles. The Morgan fingerprint density at radius 1 is 1.21 bits per heavy atom. The Bertz CT molecular complexity index is 663.